The Bertz CT molecular complexity index is 662. The van der Waals surface area contributed by atoms with Crippen LogP contribution in [-0.4, -0.2) is 26.2 Å². The van der Waals surface area contributed by atoms with E-state index in [0.29, 0.717) is 0 Å². The third-order valence-electron chi connectivity index (χ3n) is 3.85. The predicted molar refractivity (Wildman–Crippen MR) is 96.2 cm³/mol. The Morgan fingerprint density at radius 2 is 1.65 bits per heavy atom. The Balaban J connectivity index is 2.43. The molecule has 122 valence electrons. The molecule has 4 heteroatoms. The Kier molecular flexibility index (Phi) is 5.39. The highest BCUT2D eigenvalue weighted by Crippen LogP contribution is 2.20. The SMILES string of the molecule is CC(O[SiH](c1ccccc1)c1cccc(C(C)(C)C)c1)C(=O)O. The third-order valence-corrected chi connectivity index (χ3v) is 6.48. The van der Waals surface area contributed by atoms with Gasteiger partial charge >= 0.3 is 5.97 Å². The van der Waals surface area contributed by atoms with E-state index < -0.39 is 21.1 Å². The molecule has 0 aromatic heterocycles. The summed E-state index contributed by atoms with van der Waals surface area (Å²) in [6.07, 6.45) is -0.815. The van der Waals surface area contributed by atoms with Crippen LogP contribution < -0.4 is 10.4 Å². The number of hydrogen-bond donors (Lipinski definition) is 1. The molecule has 23 heavy (non-hydrogen) atoms. The molecule has 2 unspecified atom stereocenters. The molecule has 3 nitrogen and oxygen atoms in total. The van der Waals surface area contributed by atoms with Gasteiger partial charge in [0.05, 0.1) is 0 Å². The van der Waals surface area contributed by atoms with Crippen LogP contribution in [0.1, 0.15) is 33.3 Å². The summed E-state index contributed by atoms with van der Waals surface area (Å²) >= 11 is 0. The van der Waals surface area contributed by atoms with E-state index in [1.807, 2.05) is 42.5 Å². The van der Waals surface area contributed by atoms with E-state index in [9.17, 15) is 9.90 Å². The molecule has 0 saturated carbocycles. The zero-order valence-corrected chi connectivity index (χ0v) is 15.3. The second-order valence-electron chi connectivity index (χ2n) is 6.78. The van der Waals surface area contributed by atoms with Gasteiger partial charge in [0, 0.05) is 0 Å². The lowest BCUT2D eigenvalue weighted by atomic mass is 9.87. The van der Waals surface area contributed by atoms with Crippen molar-refractivity contribution in [3.63, 3.8) is 0 Å². The van der Waals surface area contributed by atoms with E-state index >= 15 is 0 Å². The fourth-order valence-corrected chi connectivity index (χ4v) is 4.82. The topological polar surface area (TPSA) is 46.5 Å². The summed E-state index contributed by atoms with van der Waals surface area (Å²) in [6, 6.07) is 18.3. The molecule has 0 bridgehead atoms. The van der Waals surface area contributed by atoms with Gasteiger partial charge in [0.15, 0.2) is 0 Å². The minimum absolute atomic E-state index is 0.0457. The van der Waals surface area contributed by atoms with Crippen molar-refractivity contribution in [2.24, 2.45) is 0 Å². The highest BCUT2D eigenvalue weighted by atomic mass is 28.3. The zero-order chi connectivity index (χ0) is 17.0. The molecule has 2 atom stereocenters. The van der Waals surface area contributed by atoms with Gasteiger partial charge in [0.25, 0.3) is 0 Å². The largest absolute Gasteiger partial charge is 0.479 e. The second-order valence-corrected chi connectivity index (χ2v) is 9.15. The summed E-state index contributed by atoms with van der Waals surface area (Å²) in [5.41, 5.74) is 1.28. The lowest BCUT2D eigenvalue weighted by Gasteiger charge is -2.24. The molecule has 0 radical (unpaired) electrons. The highest BCUT2D eigenvalue weighted by molar-refractivity contribution is 6.80. The number of rotatable bonds is 5. The first-order valence-electron chi connectivity index (χ1n) is 7.82. The quantitative estimate of drug-likeness (QED) is 0.857. The molecule has 0 heterocycles. The molecule has 0 aliphatic carbocycles. The molecular formula is C19H24O3Si. The van der Waals surface area contributed by atoms with E-state index in [4.69, 9.17) is 4.43 Å². The number of carbonyl (C=O) groups is 1. The second kappa shape index (κ2) is 7.11. The van der Waals surface area contributed by atoms with Gasteiger partial charge in [-0.3, -0.25) is 0 Å². The molecule has 2 rings (SSSR count). The van der Waals surface area contributed by atoms with Crippen LogP contribution in [0, 0.1) is 0 Å². The number of carboxylic acid groups (broad SMARTS) is 1. The Morgan fingerprint density at radius 3 is 2.22 bits per heavy atom. The monoisotopic (exact) mass is 328 g/mol. The first-order valence-corrected chi connectivity index (χ1v) is 9.45. The van der Waals surface area contributed by atoms with Crippen LogP contribution in [-0.2, 0) is 14.6 Å². The summed E-state index contributed by atoms with van der Waals surface area (Å²) in [7, 11) is -2.05. The standard InChI is InChI=1S/C19H24O3Si/c1-14(18(20)21)22-23(16-10-6-5-7-11-16)17-12-8-9-15(13-17)19(2,3)4/h5-14,23H,1-4H3,(H,20,21). The first-order chi connectivity index (χ1) is 10.8. The van der Waals surface area contributed by atoms with Crippen molar-refractivity contribution in [3.05, 3.63) is 60.2 Å². The van der Waals surface area contributed by atoms with Gasteiger partial charge in [0.1, 0.15) is 6.10 Å². The molecule has 0 amide bonds. The summed E-state index contributed by atoms with van der Waals surface area (Å²) in [5, 5.41) is 11.4. The summed E-state index contributed by atoms with van der Waals surface area (Å²) in [4.78, 5) is 11.2. The van der Waals surface area contributed by atoms with Crippen LogP contribution in [0.25, 0.3) is 0 Å². The molecule has 0 saturated heterocycles. The molecule has 0 fully saturated rings. The first kappa shape index (κ1) is 17.4. The van der Waals surface area contributed by atoms with Crippen LogP contribution >= 0.6 is 0 Å². The maximum atomic E-state index is 11.2. The van der Waals surface area contributed by atoms with Crippen molar-refractivity contribution in [2.75, 3.05) is 0 Å². The van der Waals surface area contributed by atoms with Gasteiger partial charge in [-0.1, -0.05) is 75.4 Å². The van der Waals surface area contributed by atoms with Crippen LogP contribution in [0.3, 0.4) is 0 Å². The fourth-order valence-electron chi connectivity index (χ4n) is 2.41. The smallest absolute Gasteiger partial charge is 0.331 e. The van der Waals surface area contributed by atoms with E-state index in [1.54, 1.807) is 6.92 Å². The van der Waals surface area contributed by atoms with E-state index in [-0.39, 0.29) is 5.41 Å². The van der Waals surface area contributed by atoms with Crippen LogP contribution in [0.5, 0.6) is 0 Å². The van der Waals surface area contributed by atoms with Crippen LogP contribution in [0.15, 0.2) is 54.6 Å². The lowest BCUT2D eigenvalue weighted by molar-refractivity contribution is -0.144. The molecule has 0 spiro atoms. The van der Waals surface area contributed by atoms with E-state index in [1.165, 1.54) is 5.56 Å². The van der Waals surface area contributed by atoms with Crippen molar-refractivity contribution >= 4 is 25.4 Å². The maximum absolute atomic E-state index is 11.2. The van der Waals surface area contributed by atoms with Gasteiger partial charge in [-0.25, -0.2) is 4.79 Å². The van der Waals surface area contributed by atoms with Crippen LogP contribution in [0.4, 0.5) is 0 Å². The normalized spacial score (nSPS) is 14.3. The highest BCUT2D eigenvalue weighted by Gasteiger charge is 2.25. The van der Waals surface area contributed by atoms with Crippen molar-refractivity contribution in [1.29, 1.82) is 0 Å². The minimum Gasteiger partial charge on any atom is -0.479 e. The van der Waals surface area contributed by atoms with Gasteiger partial charge in [-0.05, 0) is 28.3 Å². The number of benzene rings is 2. The number of aliphatic carboxylic acids is 1. The summed E-state index contributed by atoms with van der Waals surface area (Å²) < 4.78 is 5.99. The predicted octanol–water partition coefficient (Wildman–Crippen LogP) is 2.31. The van der Waals surface area contributed by atoms with E-state index in [2.05, 4.69) is 32.9 Å². The molecule has 1 N–H and O–H groups in total. The lowest BCUT2D eigenvalue weighted by Crippen LogP contribution is -2.48. The molecule has 2 aromatic rings. The van der Waals surface area contributed by atoms with Crippen molar-refractivity contribution in [3.8, 4) is 0 Å². The third kappa shape index (κ3) is 4.53. The minimum atomic E-state index is -2.05. The Morgan fingerprint density at radius 1 is 1.04 bits per heavy atom. The molecule has 2 aromatic carbocycles. The summed E-state index contributed by atoms with van der Waals surface area (Å²) in [6.45, 7) is 8.11. The van der Waals surface area contributed by atoms with Crippen molar-refractivity contribution in [2.45, 2.75) is 39.2 Å². The summed E-state index contributed by atoms with van der Waals surface area (Å²) in [5.74, 6) is -0.926. The maximum Gasteiger partial charge on any atom is 0.331 e. The molecular weight excluding hydrogens is 304 g/mol. The van der Waals surface area contributed by atoms with Crippen molar-refractivity contribution < 1.29 is 14.3 Å². The number of carboxylic acids is 1. The average Bonchev–Trinajstić information content (AvgIpc) is 2.52. The average molecular weight is 328 g/mol. The molecule has 0 aliphatic rings. The fraction of sp³-hybridized carbons (Fsp3) is 0.316. The van der Waals surface area contributed by atoms with Crippen molar-refractivity contribution in [1.82, 2.24) is 0 Å². The van der Waals surface area contributed by atoms with Gasteiger partial charge in [-0.2, -0.15) is 0 Å². The Hall–Kier alpha value is -1.91. The Labute approximate surface area is 139 Å². The van der Waals surface area contributed by atoms with Gasteiger partial charge in [0.2, 0.25) is 9.04 Å². The molecule has 0 aliphatic heterocycles. The van der Waals surface area contributed by atoms with Gasteiger partial charge < -0.3 is 9.53 Å². The number of hydrogen-bond acceptors (Lipinski definition) is 2. The van der Waals surface area contributed by atoms with Crippen LogP contribution in [0.2, 0.25) is 0 Å². The van der Waals surface area contributed by atoms with Gasteiger partial charge in [-0.15, -0.1) is 0 Å². The van der Waals surface area contributed by atoms with E-state index in [0.717, 1.165) is 10.4 Å². The zero-order valence-electron chi connectivity index (χ0n) is 14.1.